The van der Waals surface area contributed by atoms with Crippen molar-refractivity contribution in [2.24, 2.45) is 5.73 Å². The van der Waals surface area contributed by atoms with Gasteiger partial charge >= 0.3 is 0 Å². The molecule has 0 amide bonds. The van der Waals surface area contributed by atoms with Crippen LogP contribution in [0.25, 0.3) is 0 Å². The molecule has 2 rings (SSSR count). The summed E-state index contributed by atoms with van der Waals surface area (Å²) < 4.78 is 6.83. The summed E-state index contributed by atoms with van der Waals surface area (Å²) in [6.45, 7) is 5.57. The van der Waals surface area contributed by atoms with E-state index >= 15 is 0 Å². The molecule has 0 aliphatic carbocycles. The van der Waals surface area contributed by atoms with Gasteiger partial charge in [0.05, 0.1) is 0 Å². The average Bonchev–Trinajstić information content (AvgIpc) is 2.40. The third-order valence-electron chi connectivity index (χ3n) is 3.52. The molecule has 1 aliphatic heterocycles. The maximum absolute atomic E-state index is 5.84. The van der Waals surface area contributed by atoms with E-state index in [2.05, 4.69) is 32.8 Å². The fourth-order valence-corrected chi connectivity index (χ4v) is 2.78. The number of likely N-dealkylation sites (N-methyl/N-ethyl adjacent to an activating group) is 1. The third-order valence-corrected chi connectivity index (χ3v) is 4.02. The van der Waals surface area contributed by atoms with Crippen LogP contribution in [-0.4, -0.2) is 62.2 Å². The van der Waals surface area contributed by atoms with Gasteiger partial charge in [0, 0.05) is 43.2 Å². The number of rotatable bonds is 5. The van der Waals surface area contributed by atoms with Crippen molar-refractivity contribution in [3.05, 3.63) is 28.7 Å². The summed E-state index contributed by atoms with van der Waals surface area (Å²) in [5.41, 5.74) is 5.84. The Morgan fingerprint density at radius 3 is 3.00 bits per heavy atom. The number of nitrogens with two attached hydrogens (primary N) is 1. The van der Waals surface area contributed by atoms with Gasteiger partial charge in [0.25, 0.3) is 0 Å². The van der Waals surface area contributed by atoms with Crippen molar-refractivity contribution in [3.63, 3.8) is 0 Å². The van der Waals surface area contributed by atoms with Crippen molar-refractivity contribution >= 4 is 15.9 Å². The number of hydrogen-bond donors (Lipinski definition) is 1. The Morgan fingerprint density at radius 2 is 2.26 bits per heavy atom. The molecule has 0 aromatic heterocycles. The maximum Gasteiger partial charge on any atom is 0.120 e. The normalized spacial score (nSPS) is 21.5. The SMILES string of the molecule is CN1CCN(CCOc2cccc(Br)c2)C(CN)C1. The van der Waals surface area contributed by atoms with E-state index in [9.17, 15) is 0 Å². The van der Waals surface area contributed by atoms with Crippen LogP contribution in [0.1, 0.15) is 0 Å². The lowest BCUT2D eigenvalue weighted by Gasteiger charge is -2.39. The van der Waals surface area contributed by atoms with Gasteiger partial charge in [0.2, 0.25) is 0 Å². The summed E-state index contributed by atoms with van der Waals surface area (Å²) in [5, 5.41) is 0. The van der Waals surface area contributed by atoms with Crippen LogP contribution in [0.2, 0.25) is 0 Å². The third kappa shape index (κ3) is 4.45. The molecule has 0 bridgehead atoms. The zero-order valence-corrected chi connectivity index (χ0v) is 13.0. The van der Waals surface area contributed by atoms with E-state index in [1.165, 1.54) is 0 Å². The van der Waals surface area contributed by atoms with Crippen LogP contribution in [0, 0.1) is 0 Å². The van der Waals surface area contributed by atoms with Crippen molar-refractivity contribution in [1.82, 2.24) is 9.80 Å². The Labute approximate surface area is 123 Å². The van der Waals surface area contributed by atoms with Crippen LogP contribution < -0.4 is 10.5 Å². The van der Waals surface area contributed by atoms with Crippen molar-refractivity contribution in [2.45, 2.75) is 6.04 Å². The van der Waals surface area contributed by atoms with Gasteiger partial charge in [-0.1, -0.05) is 22.0 Å². The van der Waals surface area contributed by atoms with Crippen LogP contribution in [0.5, 0.6) is 5.75 Å². The molecule has 0 radical (unpaired) electrons. The summed E-state index contributed by atoms with van der Waals surface area (Å²) >= 11 is 3.45. The molecule has 19 heavy (non-hydrogen) atoms. The van der Waals surface area contributed by atoms with Gasteiger partial charge < -0.3 is 15.4 Å². The number of ether oxygens (including phenoxy) is 1. The molecule has 4 nitrogen and oxygen atoms in total. The molecule has 1 aromatic carbocycles. The highest BCUT2D eigenvalue weighted by Gasteiger charge is 2.23. The quantitative estimate of drug-likeness (QED) is 0.887. The minimum atomic E-state index is 0.449. The molecule has 1 aliphatic rings. The van der Waals surface area contributed by atoms with E-state index < -0.39 is 0 Å². The number of halogens is 1. The van der Waals surface area contributed by atoms with Crippen molar-refractivity contribution in [3.8, 4) is 5.75 Å². The Morgan fingerprint density at radius 1 is 1.42 bits per heavy atom. The number of nitrogens with zero attached hydrogens (tertiary/aromatic N) is 2. The van der Waals surface area contributed by atoms with Crippen molar-refractivity contribution in [2.75, 3.05) is 46.4 Å². The lowest BCUT2D eigenvalue weighted by Crippen LogP contribution is -2.55. The van der Waals surface area contributed by atoms with E-state index in [1.807, 2.05) is 24.3 Å². The van der Waals surface area contributed by atoms with Gasteiger partial charge in [-0.05, 0) is 25.2 Å². The smallest absolute Gasteiger partial charge is 0.120 e. The first-order valence-corrected chi connectivity index (χ1v) is 7.49. The summed E-state index contributed by atoms with van der Waals surface area (Å²) in [6, 6.07) is 8.40. The van der Waals surface area contributed by atoms with Gasteiger partial charge in [-0.3, -0.25) is 4.90 Å². The highest BCUT2D eigenvalue weighted by molar-refractivity contribution is 9.10. The maximum atomic E-state index is 5.84. The summed E-state index contributed by atoms with van der Waals surface area (Å²) in [6.07, 6.45) is 0. The molecular weight excluding hydrogens is 306 g/mol. The lowest BCUT2D eigenvalue weighted by molar-refractivity contribution is 0.0807. The molecule has 5 heteroatoms. The molecule has 1 heterocycles. The number of hydrogen-bond acceptors (Lipinski definition) is 4. The van der Waals surface area contributed by atoms with Gasteiger partial charge in [0.15, 0.2) is 0 Å². The summed E-state index contributed by atoms with van der Waals surface area (Å²) in [7, 11) is 2.15. The van der Waals surface area contributed by atoms with Gasteiger partial charge in [-0.2, -0.15) is 0 Å². The Bertz CT molecular complexity index is 402. The topological polar surface area (TPSA) is 41.7 Å². The largest absolute Gasteiger partial charge is 0.492 e. The zero-order chi connectivity index (χ0) is 13.7. The van der Waals surface area contributed by atoms with E-state index in [1.54, 1.807) is 0 Å². The number of benzene rings is 1. The first-order valence-electron chi connectivity index (χ1n) is 6.70. The molecule has 1 fully saturated rings. The molecule has 0 spiro atoms. The van der Waals surface area contributed by atoms with E-state index in [4.69, 9.17) is 10.5 Å². The Kier molecular flexibility index (Phi) is 5.63. The molecule has 1 saturated heterocycles. The van der Waals surface area contributed by atoms with E-state index in [0.717, 1.165) is 36.4 Å². The zero-order valence-electron chi connectivity index (χ0n) is 11.4. The second kappa shape index (κ2) is 7.24. The van der Waals surface area contributed by atoms with Gasteiger partial charge in [-0.25, -0.2) is 0 Å². The van der Waals surface area contributed by atoms with Crippen LogP contribution in [0.15, 0.2) is 28.7 Å². The standard InChI is InChI=1S/C14H22BrN3O/c1-17-5-6-18(13(10-16)11-17)7-8-19-14-4-2-3-12(15)9-14/h2-4,9,13H,5-8,10-11,16H2,1H3. The van der Waals surface area contributed by atoms with Gasteiger partial charge in [-0.15, -0.1) is 0 Å². The minimum Gasteiger partial charge on any atom is -0.492 e. The van der Waals surface area contributed by atoms with Crippen LogP contribution in [0.4, 0.5) is 0 Å². The first-order chi connectivity index (χ1) is 9.19. The van der Waals surface area contributed by atoms with Crippen LogP contribution in [-0.2, 0) is 0 Å². The van der Waals surface area contributed by atoms with Gasteiger partial charge in [0.1, 0.15) is 12.4 Å². The predicted molar refractivity (Wildman–Crippen MR) is 81.5 cm³/mol. The average molecular weight is 328 g/mol. The van der Waals surface area contributed by atoms with Crippen molar-refractivity contribution in [1.29, 1.82) is 0 Å². The minimum absolute atomic E-state index is 0.449. The second-order valence-electron chi connectivity index (χ2n) is 4.99. The monoisotopic (exact) mass is 327 g/mol. The highest BCUT2D eigenvalue weighted by atomic mass is 79.9. The Hall–Kier alpha value is -0.620. The molecule has 0 saturated carbocycles. The first kappa shape index (κ1) is 14.8. The molecular formula is C14H22BrN3O. The lowest BCUT2D eigenvalue weighted by atomic mass is 10.2. The molecule has 106 valence electrons. The van der Waals surface area contributed by atoms with E-state index in [-0.39, 0.29) is 0 Å². The molecule has 1 atom stereocenters. The molecule has 2 N–H and O–H groups in total. The second-order valence-corrected chi connectivity index (χ2v) is 5.91. The highest BCUT2D eigenvalue weighted by Crippen LogP contribution is 2.17. The molecule has 1 aromatic rings. The van der Waals surface area contributed by atoms with Crippen LogP contribution >= 0.6 is 15.9 Å². The van der Waals surface area contributed by atoms with Crippen molar-refractivity contribution < 1.29 is 4.74 Å². The van der Waals surface area contributed by atoms with E-state index in [0.29, 0.717) is 19.2 Å². The Balaban J connectivity index is 1.78. The summed E-state index contributed by atoms with van der Waals surface area (Å²) in [5.74, 6) is 0.910. The molecule has 1 unspecified atom stereocenters. The number of piperazine rings is 1. The fourth-order valence-electron chi connectivity index (χ4n) is 2.40. The fraction of sp³-hybridized carbons (Fsp3) is 0.571. The summed E-state index contributed by atoms with van der Waals surface area (Å²) in [4.78, 5) is 4.77. The van der Waals surface area contributed by atoms with Crippen LogP contribution in [0.3, 0.4) is 0 Å². The predicted octanol–water partition coefficient (Wildman–Crippen LogP) is 1.40.